The molecule has 1 saturated heterocycles. The first-order chi connectivity index (χ1) is 13.9. The lowest BCUT2D eigenvalue weighted by Crippen LogP contribution is -2.71. The van der Waals surface area contributed by atoms with Crippen molar-refractivity contribution in [2.45, 2.75) is 25.6 Å². The molecule has 1 N–H and O–H groups in total. The number of nitrogens with one attached hydrogen (secondary N) is 1. The van der Waals surface area contributed by atoms with Crippen LogP contribution in [0.3, 0.4) is 0 Å². The van der Waals surface area contributed by atoms with Crippen LogP contribution in [0.1, 0.15) is 25.5 Å². The molecule has 4 rings (SSSR count). The van der Waals surface area contributed by atoms with Gasteiger partial charge < -0.3 is 19.5 Å². The van der Waals surface area contributed by atoms with Crippen LogP contribution >= 0.6 is 23.8 Å². The highest BCUT2D eigenvalue weighted by Gasteiger charge is 2.60. The van der Waals surface area contributed by atoms with Gasteiger partial charge in [0.25, 0.3) is 0 Å². The number of fused-ring (bicyclic) bond motifs is 4. The number of nitrogens with zero attached hydrogens (tertiary/aromatic N) is 1. The summed E-state index contributed by atoms with van der Waals surface area (Å²) in [4.78, 5) is 14.8. The van der Waals surface area contributed by atoms with E-state index >= 15 is 0 Å². The topological polar surface area (TPSA) is 60.0 Å². The van der Waals surface area contributed by atoms with Crippen molar-refractivity contribution in [3.8, 4) is 11.5 Å². The van der Waals surface area contributed by atoms with E-state index < -0.39 is 17.7 Å². The standard InChI is InChI=1S/C21H21ClN2O4S/c1-4-27-19(25)16-17-14-9-6-10-15(26-3)18(14)28-21(16,2)24(20(29)23-17)13-8-5-7-12(22)11-13/h5-11,16-17H,4H2,1-3H3,(H,23,29)/t16-,17+,21-/m0/s1. The first-order valence-corrected chi connectivity index (χ1v) is 10.1. The van der Waals surface area contributed by atoms with E-state index in [9.17, 15) is 4.79 Å². The minimum absolute atomic E-state index is 0.269. The summed E-state index contributed by atoms with van der Waals surface area (Å²) in [5.74, 6) is 0.120. The number of esters is 1. The van der Waals surface area contributed by atoms with Gasteiger partial charge in [0.1, 0.15) is 5.92 Å². The van der Waals surface area contributed by atoms with E-state index in [-0.39, 0.29) is 12.6 Å². The monoisotopic (exact) mass is 432 g/mol. The van der Waals surface area contributed by atoms with Gasteiger partial charge in [0.05, 0.1) is 19.8 Å². The van der Waals surface area contributed by atoms with Crippen molar-refractivity contribution in [2.75, 3.05) is 18.6 Å². The number of benzene rings is 2. The lowest BCUT2D eigenvalue weighted by Gasteiger charge is -2.55. The third kappa shape index (κ3) is 3.09. The van der Waals surface area contributed by atoms with Crippen LogP contribution in [0, 0.1) is 5.92 Å². The van der Waals surface area contributed by atoms with E-state index in [2.05, 4.69) is 5.32 Å². The normalized spacial score (nSPS) is 24.8. The molecule has 2 aromatic rings. The van der Waals surface area contributed by atoms with E-state index in [4.69, 9.17) is 38.0 Å². The number of methoxy groups -OCH3 is 1. The zero-order valence-corrected chi connectivity index (χ0v) is 17.8. The van der Waals surface area contributed by atoms with Gasteiger partial charge in [-0.3, -0.25) is 9.69 Å². The number of hydrogen-bond acceptors (Lipinski definition) is 5. The van der Waals surface area contributed by atoms with Crippen molar-refractivity contribution in [3.63, 3.8) is 0 Å². The molecule has 8 heteroatoms. The zero-order chi connectivity index (χ0) is 20.8. The van der Waals surface area contributed by atoms with Gasteiger partial charge in [-0.05, 0) is 50.3 Å². The Morgan fingerprint density at radius 2 is 2.10 bits per heavy atom. The number of rotatable bonds is 4. The zero-order valence-electron chi connectivity index (χ0n) is 16.3. The molecule has 152 valence electrons. The molecule has 0 unspecified atom stereocenters. The van der Waals surface area contributed by atoms with Crippen LogP contribution < -0.4 is 19.7 Å². The predicted molar refractivity (Wildman–Crippen MR) is 115 cm³/mol. The van der Waals surface area contributed by atoms with E-state index in [0.29, 0.717) is 27.3 Å². The predicted octanol–water partition coefficient (Wildman–Crippen LogP) is 4.07. The van der Waals surface area contributed by atoms with Gasteiger partial charge in [-0.15, -0.1) is 0 Å². The summed E-state index contributed by atoms with van der Waals surface area (Å²) in [7, 11) is 1.58. The van der Waals surface area contributed by atoms with Gasteiger partial charge in [0.2, 0.25) is 5.72 Å². The SMILES string of the molecule is CCOC(=O)[C@@H]1[C@@H]2NC(=S)N(c3cccc(Cl)c3)[C@@]1(C)Oc1c(OC)cccc12. The fraction of sp³-hybridized carbons (Fsp3) is 0.333. The van der Waals surface area contributed by atoms with Gasteiger partial charge in [-0.1, -0.05) is 29.8 Å². The highest BCUT2D eigenvalue weighted by atomic mass is 35.5. The van der Waals surface area contributed by atoms with E-state index in [1.807, 2.05) is 37.3 Å². The Balaban J connectivity index is 1.92. The molecule has 29 heavy (non-hydrogen) atoms. The number of ether oxygens (including phenoxy) is 3. The average molecular weight is 433 g/mol. The van der Waals surface area contributed by atoms with Crippen molar-refractivity contribution in [3.05, 3.63) is 53.1 Å². The Morgan fingerprint density at radius 1 is 1.34 bits per heavy atom. The Morgan fingerprint density at radius 3 is 2.79 bits per heavy atom. The number of thiocarbonyl (C=S) groups is 1. The summed E-state index contributed by atoms with van der Waals surface area (Å²) >= 11 is 11.9. The van der Waals surface area contributed by atoms with Crippen LogP contribution in [0.15, 0.2) is 42.5 Å². The molecule has 0 saturated carbocycles. The maximum Gasteiger partial charge on any atom is 0.317 e. The van der Waals surface area contributed by atoms with Crippen LogP contribution in [0.4, 0.5) is 5.69 Å². The third-order valence-electron chi connectivity index (χ3n) is 5.32. The van der Waals surface area contributed by atoms with Crippen LogP contribution in [0.5, 0.6) is 11.5 Å². The maximum atomic E-state index is 13.1. The molecule has 0 aliphatic carbocycles. The molecule has 1 fully saturated rings. The van der Waals surface area contributed by atoms with Crippen LogP contribution in [0.2, 0.25) is 5.02 Å². The van der Waals surface area contributed by atoms with Gasteiger partial charge in [0.15, 0.2) is 16.6 Å². The van der Waals surface area contributed by atoms with E-state index in [1.54, 1.807) is 31.1 Å². The second kappa shape index (κ2) is 7.39. The summed E-state index contributed by atoms with van der Waals surface area (Å²) in [6.07, 6.45) is 0. The third-order valence-corrected chi connectivity index (χ3v) is 5.85. The molecule has 2 aromatic carbocycles. The van der Waals surface area contributed by atoms with E-state index in [0.717, 1.165) is 5.56 Å². The lowest BCUT2D eigenvalue weighted by atomic mass is 9.79. The van der Waals surface area contributed by atoms with Crippen LogP contribution in [-0.2, 0) is 9.53 Å². The Kier molecular flexibility index (Phi) is 5.04. The van der Waals surface area contributed by atoms with Crippen LogP contribution in [0.25, 0.3) is 0 Å². The van der Waals surface area contributed by atoms with Gasteiger partial charge in [0, 0.05) is 16.3 Å². The van der Waals surface area contributed by atoms with Crippen molar-refractivity contribution >= 4 is 40.6 Å². The molecule has 3 atom stereocenters. The molecule has 2 bridgehead atoms. The summed E-state index contributed by atoms with van der Waals surface area (Å²) in [5.41, 5.74) is 0.363. The van der Waals surface area contributed by atoms with E-state index in [1.165, 1.54) is 0 Å². The molecule has 2 aliphatic rings. The molecule has 6 nitrogen and oxygen atoms in total. The quantitative estimate of drug-likeness (QED) is 0.577. The lowest BCUT2D eigenvalue weighted by molar-refractivity contribution is -0.159. The van der Waals surface area contributed by atoms with Gasteiger partial charge in [-0.2, -0.15) is 0 Å². The van der Waals surface area contributed by atoms with Crippen molar-refractivity contribution in [2.24, 2.45) is 5.92 Å². The molecule has 0 aromatic heterocycles. The number of halogens is 1. The number of para-hydroxylation sites is 1. The Hall–Kier alpha value is -2.51. The summed E-state index contributed by atoms with van der Waals surface area (Å²) in [6, 6.07) is 12.4. The summed E-state index contributed by atoms with van der Waals surface area (Å²) in [5, 5.41) is 4.31. The number of carbonyl (C=O) groups is 1. The maximum absolute atomic E-state index is 13.1. The smallest absolute Gasteiger partial charge is 0.317 e. The van der Waals surface area contributed by atoms with Gasteiger partial charge in [-0.25, -0.2) is 0 Å². The highest BCUT2D eigenvalue weighted by Crippen LogP contribution is 2.52. The first-order valence-electron chi connectivity index (χ1n) is 9.29. The summed E-state index contributed by atoms with van der Waals surface area (Å²) in [6.45, 7) is 3.89. The molecule has 0 spiro atoms. The minimum atomic E-state index is -1.15. The summed E-state index contributed by atoms with van der Waals surface area (Å²) < 4.78 is 17.4. The second-order valence-electron chi connectivity index (χ2n) is 7.01. The van der Waals surface area contributed by atoms with Crippen LogP contribution in [-0.4, -0.2) is 30.5 Å². The number of hydrogen-bond donors (Lipinski definition) is 1. The van der Waals surface area contributed by atoms with Crippen molar-refractivity contribution in [1.29, 1.82) is 0 Å². The molecule has 0 amide bonds. The Labute approximate surface area is 179 Å². The van der Waals surface area contributed by atoms with Crippen molar-refractivity contribution in [1.82, 2.24) is 5.32 Å². The van der Waals surface area contributed by atoms with Crippen molar-refractivity contribution < 1.29 is 19.0 Å². The average Bonchev–Trinajstić information content (AvgIpc) is 2.67. The molecule has 2 aliphatic heterocycles. The fourth-order valence-electron chi connectivity index (χ4n) is 4.13. The largest absolute Gasteiger partial charge is 0.493 e. The second-order valence-corrected chi connectivity index (χ2v) is 7.83. The highest BCUT2D eigenvalue weighted by molar-refractivity contribution is 7.80. The first kappa shape index (κ1) is 19.8. The molecule has 0 radical (unpaired) electrons. The van der Waals surface area contributed by atoms with Gasteiger partial charge >= 0.3 is 5.97 Å². The minimum Gasteiger partial charge on any atom is -0.493 e. The molecular formula is C21H21ClN2O4S. The Bertz CT molecular complexity index is 985. The fourth-order valence-corrected chi connectivity index (χ4v) is 4.73. The molecular weight excluding hydrogens is 412 g/mol. The number of carbonyl (C=O) groups excluding carboxylic acids is 1. The number of anilines is 1. The molecule has 2 heterocycles.